The first kappa shape index (κ1) is 12.5. The van der Waals surface area contributed by atoms with Gasteiger partial charge in [0.2, 0.25) is 5.91 Å². The first-order valence-corrected chi connectivity index (χ1v) is 5.08. The van der Waals surface area contributed by atoms with E-state index < -0.39 is 5.97 Å². The summed E-state index contributed by atoms with van der Waals surface area (Å²) in [4.78, 5) is 21.9. The van der Waals surface area contributed by atoms with Gasteiger partial charge in [0, 0.05) is 11.9 Å². The Balaban J connectivity index is 2.59. The lowest BCUT2D eigenvalue weighted by atomic mass is 10.2. The third-order valence-electron chi connectivity index (χ3n) is 1.84. The molecule has 0 aliphatic carbocycles. The molecule has 1 aromatic carbocycles. The molecule has 1 N–H and O–H groups in total. The van der Waals surface area contributed by atoms with Crippen LogP contribution in [0.25, 0.3) is 0 Å². The Morgan fingerprint density at radius 2 is 2.12 bits per heavy atom. The minimum atomic E-state index is -0.513. The van der Waals surface area contributed by atoms with Gasteiger partial charge in [0.05, 0.1) is 0 Å². The van der Waals surface area contributed by atoms with Crippen LogP contribution in [-0.2, 0) is 9.59 Å². The van der Waals surface area contributed by atoms with Gasteiger partial charge in [-0.05, 0) is 30.7 Å². The van der Waals surface area contributed by atoms with E-state index in [1.54, 1.807) is 25.1 Å². The summed E-state index contributed by atoms with van der Waals surface area (Å²) >= 11 is 5.76. The van der Waals surface area contributed by atoms with Crippen molar-refractivity contribution in [1.82, 2.24) is 5.32 Å². The number of hydrogen-bond acceptors (Lipinski definition) is 3. The van der Waals surface area contributed by atoms with E-state index in [-0.39, 0.29) is 12.5 Å². The molecule has 0 saturated heterocycles. The molecule has 5 heteroatoms. The Kier molecular flexibility index (Phi) is 4.31. The summed E-state index contributed by atoms with van der Waals surface area (Å²) in [6, 6.07) is 4.95. The van der Waals surface area contributed by atoms with Gasteiger partial charge in [-0.25, -0.2) is 4.79 Å². The maximum Gasteiger partial charge on any atom is 0.330 e. The summed E-state index contributed by atoms with van der Waals surface area (Å²) in [7, 11) is 0. The molecule has 16 heavy (non-hydrogen) atoms. The van der Waals surface area contributed by atoms with E-state index in [0.717, 1.165) is 5.56 Å². The zero-order valence-electron chi connectivity index (χ0n) is 9.04. The van der Waals surface area contributed by atoms with E-state index >= 15 is 0 Å². The van der Waals surface area contributed by atoms with Crippen molar-refractivity contribution in [3.8, 4) is 5.75 Å². The van der Waals surface area contributed by atoms with Crippen molar-refractivity contribution in [2.75, 3.05) is 6.54 Å². The lowest BCUT2D eigenvalue weighted by Gasteiger charge is -2.07. The Bertz CT molecular complexity index is 418. The fourth-order valence-electron chi connectivity index (χ4n) is 1.08. The predicted molar refractivity (Wildman–Crippen MR) is 60.5 cm³/mol. The number of carbonyl (C=O) groups is 2. The molecule has 86 valence electrons. The molecular weight excluding hydrogens is 230 g/mol. The fraction of sp³-hybridized carbons (Fsp3) is 0.273. The zero-order chi connectivity index (χ0) is 12.1. The van der Waals surface area contributed by atoms with Gasteiger partial charge in [-0.1, -0.05) is 11.6 Å². The van der Waals surface area contributed by atoms with Gasteiger partial charge in [0.25, 0.3) is 0 Å². The maximum atomic E-state index is 11.3. The van der Waals surface area contributed by atoms with Crippen LogP contribution in [0.15, 0.2) is 18.2 Å². The molecule has 1 aromatic rings. The van der Waals surface area contributed by atoms with E-state index in [1.807, 2.05) is 0 Å². The van der Waals surface area contributed by atoms with Gasteiger partial charge < -0.3 is 10.1 Å². The van der Waals surface area contributed by atoms with Crippen molar-refractivity contribution in [2.24, 2.45) is 0 Å². The second kappa shape index (κ2) is 5.51. The molecule has 0 saturated carbocycles. The van der Waals surface area contributed by atoms with Crippen LogP contribution in [0.2, 0.25) is 5.02 Å². The average Bonchev–Trinajstić information content (AvgIpc) is 2.19. The first-order chi connectivity index (χ1) is 7.49. The maximum absolute atomic E-state index is 11.3. The van der Waals surface area contributed by atoms with Crippen molar-refractivity contribution in [3.63, 3.8) is 0 Å². The third-order valence-corrected chi connectivity index (χ3v) is 2.08. The van der Waals surface area contributed by atoms with Crippen LogP contribution in [0.3, 0.4) is 0 Å². The smallest absolute Gasteiger partial charge is 0.330 e. The summed E-state index contributed by atoms with van der Waals surface area (Å²) in [6.07, 6.45) is 0. The molecule has 4 nitrogen and oxygen atoms in total. The van der Waals surface area contributed by atoms with Gasteiger partial charge in [-0.2, -0.15) is 0 Å². The number of amides is 1. The molecule has 1 amide bonds. The molecule has 0 aliphatic rings. The van der Waals surface area contributed by atoms with E-state index in [1.165, 1.54) is 6.92 Å². The van der Waals surface area contributed by atoms with Crippen LogP contribution in [0, 0.1) is 6.92 Å². The van der Waals surface area contributed by atoms with Crippen LogP contribution < -0.4 is 10.1 Å². The lowest BCUT2D eigenvalue weighted by molar-refractivity contribution is -0.135. The van der Waals surface area contributed by atoms with Gasteiger partial charge in [-0.3, -0.25) is 4.79 Å². The number of ether oxygens (including phenoxy) is 1. The predicted octanol–water partition coefficient (Wildman–Crippen LogP) is 1.69. The summed E-state index contributed by atoms with van der Waals surface area (Å²) in [5.74, 6) is -0.342. The zero-order valence-corrected chi connectivity index (χ0v) is 9.80. The van der Waals surface area contributed by atoms with Crippen molar-refractivity contribution in [2.45, 2.75) is 13.8 Å². The molecule has 0 radical (unpaired) electrons. The van der Waals surface area contributed by atoms with E-state index in [0.29, 0.717) is 10.8 Å². The van der Waals surface area contributed by atoms with Crippen molar-refractivity contribution in [3.05, 3.63) is 28.8 Å². The Labute approximate surface area is 98.5 Å². The van der Waals surface area contributed by atoms with E-state index in [9.17, 15) is 9.59 Å². The quantitative estimate of drug-likeness (QED) is 0.647. The number of halogens is 1. The SMILES string of the molecule is CC(=O)NCC(=O)Oc1ccc(Cl)cc1C. The van der Waals surface area contributed by atoms with Crippen LogP contribution in [0.5, 0.6) is 5.75 Å². The normalized spacial score (nSPS) is 9.69. The highest BCUT2D eigenvalue weighted by molar-refractivity contribution is 6.30. The molecule has 0 fully saturated rings. The minimum absolute atomic E-state index is 0.141. The fourth-order valence-corrected chi connectivity index (χ4v) is 1.31. The molecule has 0 heterocycles. The van der Waals surface area contributed by atoms with Gasteiger partial charge in [0.15, 0.2) is 0 Å². The highest BCUT2D eigenvalue weighted by Crippen LogP contribution is 2.21. The topological polar surface area (TPSA) is 55.4 Å². The summed E-state index contributed by atoms with van der Waals surface area (Å²) in [6.45, 7) is 2.98. The monoisotopic (exact) mass is 241 g/mol. The van der Waals surface area contributed by atoms with Gasteiger partial charge in [0.1, 0.15) is 12.3 Å². The summed E-state index contributed by atoms with van der Waals surface area (Å²) in [5.41, 5.74) is 0.767. The first-order valence-electron chi connectivity index (χ1n) is 4.70. The van der Waals surface area contributed by atoms with Crippen molar-refractivity contribution < 1.29 is 14.3 Å². The molecule has 0 aromatic heterocycles. The van der Waals surface area contributed by atoms with Crippen molar-refractivity contribution in [1.29, 1.82) is 0 Å². The number of nitrogens with one attached hydrogen (secondary N) is 1. The van der Waals surface area contributed by atoms with Crippen LogP contribution in [0.1, 0.15) is 12.5 Å². The van der Waals surface area contributed by atoms with Crippen LogP contribution >= 0.6 is 11.6 Å². The highest BCUT2D eigenvalue weighted by Gasteiger charge is 2.07. The van der Waals surface area contributed by atoms with Gasteiger partial charge in [-0.15, -0.1) is 0 Å². The van der Waals surface area contributed by atoms with E-state index in [4.69, 9.17) is 16.3 Å². The van der Waals surface area contributed by atoms with E-state index in [2.05, 4.69) is 5.32 Å². The second-order valence-corrected chi connectivity index (χ2v) is 3.73. The summed E-state index contributed by atoms with van der Waals surface area (Å²) in [5, 5.41) is 2.94. The average molecular weight is 242 g/mol. The number of aryl methyl sites for hydroxylation is 1. The molecule has 0 bridgehead atoms. The highest BCUT2D eigenvalue weighted by atomic mass is 35.5. The number of benzene rings is 1. The standard InChI is InChI=1S/C11H12ClNO3/c1-7-5-9(12)3-4-10(7)16-11(15)6-13-8(2)14/h3-5H,6H2,1-2H3,(H,13,14). The Morgan fingerprint density at radius 3 is 2.69 bits per heavy atom. The third kappa shape index (κ3) is 3.90. The number of hydrogen-bond donors (Lipinski definition) is 1. The molecular formula is C11H12ClNO3. The number of esters is 1. The molecule has 0 atom stereocenters. The Morgan fingerprint density at radius 1 is 1.44 bits per heavy atom. The summed E-state index contributed by atoms with van der Waals surface area (Å²) < 4.78 is 5.04. The molecule has 1 rings (SSSR count). The van der Waals surface area contributed by atoms with Crippen LogP contribution in [-0.4, -0.2) is 18.4 Å². The van der Waals surface area contributed by atoms with Gasteiger partial charge >= 0.3 is 5.97 Å². The molecule has 0 unspecified atom stereocenters. The van der Waals surface area contributed by atoms with Crippen LogP contribution in [0.4, 0.5) is 0 Å². The minimum Gasteiger partial charge on any atom is -0.425 e. The number of rotatable bonds is 3. The Hall–Kier alpha value is -1.55. The second-order valence-electron chi connectivity index (χ2n) is 3.29. The largest absolute Gasteiger partial charge is 0.425 e. The molecule has 0 aliphatic heterocycles. The molecule has 0 spiro atoms. The number of carbonyl (C=O) groups excluding carboxylic acids is 2. The lowest BCUT2D eigenvalue weighted by Crippen LogP contribution is -2.30. The van der Waals surface area contributed by atoms with Crippen molar-refractivity contribution >= 4 is 23.5 Å².